The Hall–Kier alpha value is -2.40. The lowest BCUT2D eigenvalue weighted by Gasteiger charge is -2.30. The summed E-state index contributed by atoms with van der Waals surface area (Å²) in [5.74, 6) is 0.637. The predicted octanol–water partition coefficient (Wildman–Crippen LogP) is 1.89. The minimum atomic E-state index is -0.216. The van der Waals surface area contributed by atoms with E-state index in [0.717, 1.165) is 25.2 Å². The van der Waals surface area contributed by atoms with E-state index in [1.165, 1.54) is 11.3 Å². The Balaban J connectivity index is 1.81. The van der Waals surface area contributed by atoms with Crippen molar-refractivity contribution in [2.24, 2.45) is 0 Å². The third-order valence-corrected chi connectivity index (χ3v) is 3.79. The van der Waals surface area contributed by atoms with E-state index in [1.807, 2.05) is 12.1 Å². The van der Waals surface area contributed by atoms with Crippen molar-refractivity contribution in [3.63, 3.8) is 0 Å². The van der Waals surface area contributed by atoms with Crippen molar-refractivity contribution in [1.29, 1.82) is 0 Å². The summed E-state index contributed by atoms with van der Waals surface area (Å²) in [5.41, 5.74) is 3.03. The van der Waals surface area contributed by atoms with Gasteiger partial charge in [0.2, 0.25) is 0 Å². The molecule has 0 saturated carbocycles. The number of carbonyl (C=O) groups is 1. The average Bonchev–Trinajstić information content (AvgIpc) is 2.59. The normalized spacial score (nSPS) is 13.6. The second-order valence-corrected chi connectivity index (χ2v) is 5.27. The van der Waals surface area contributed by atoms with Crippen LogP contribution in [-0.4, -0.2) is 35.7 Å². The van der Waals surface area contributed by atoms with E-state index in [4.69, 9.17) is 5.11 Å². The molecule has 0 bridgehead atoms. The van der Waals surface area contributed by atoms with Crippen LogP contribution in [-0.2, 0) is 6.42 Å². The molecule has 5 nitrogen and oxygen atoms in total. The first-order valence-electron chi connectivity index (χ1n) is 7.50. The van der Waals surface area contributed by atoms with Gasteiger partial charge in [0.15, 0.2) is 0 Å². The number of anilines is 2. The zero-order valence-electron chi connectivity index (χ0n) is 12.3. The molecular weight excluding hydrogens is 278 g/mol. The number of rotatable bonds is 4. The number of hydrogen-bond donors (Lipinski definition) is 2. The Morgan fingerprint density at radius 1 is 1.27 bits per heavy atom. The molecule has 0 saturated heterocycles. The Bertz CT molecular complexity index is 655. The molecule has 2 N–H and O–H groups in total. The molecule has 22 heavy (non-hydrogen) atoms. The van der Waals surface area contributed by atoms with Crippen molar-refractivity contribution in [2.75, 3.05) is 24.6 Å². The van der Waals surface area contributed by atoms with Crippen molar-refractivity contribution < 1.29 is 9.90 Å². The molecule has 0 spiro atoms. The summed E-state index contributed by atoms with van der Waals surface area (Å²) in [5, 5.41) is 11.4. The van der Waals surface area contributed by atoms with Gasteiger partial charge in [0.05, 0.1) is 12.2 Å². The van der Waals surface area contributed by atoms with Crippen LogP contribution in [0.2, 0.25) is 0 Å². The van der Waals surface area contributed by atoms with Gasteiger partial charge in [0.25, 0.3) is 5.91 Å². The smallest absolute Gasteiger partial charge is 0.252 e. The minimum absolute atomic E-state index is 0.0676. The maximum absolute atomic E-state index is 11.8. The van der Waals surface area contributed by atoms with Crippen LogP contribution in [0.1, 0.15) is 22.3 Å². The number of fused-ring (bicyclic) bond motifs is 1. The summed E-state index contributed by atoms with van der Waals surface area (Å²) in [6.07, 6.45) is 3.77. The van der Waals surface area contributed by atoms with E-state index in [9.17, 15) is 4.79 Å². The third kappa shape index (κ3) is 2.94. The number of nitrogens with one attached hydrogen (secondary N) is 1. The number of aliphatic hydroxyl groups excluding tert-OH is 1. The van der Waals surface area contributed by atoms with Crippen molar-refractivity contribution in [1.82, 2.24) is 10.3 Å². The van der Waals surface area contributed by atoms with Crippen molar-refractivity contribution in [3.8, 4) is 0 Å². The quantitative estimate of drug-likeness (QED) is 0.904. The summed E-state index contributed by atoms with van der Waals surface area (Å²) in [6.45, 7) is 1.11. The fourth-order valence-corrected chi connectivity index (χ4v) is 2.72. The summed E-state index contributed by atoms with van der Waals surface area (Å²) < 4.78 is 0. The van der Waals surface area contributed by atoms with Crippen LogP contribution in [0.4, 0.5) is 11.5 Å². The first-order chi connectivity index (χ1) is 10.8. The zero-order valence-corrected chi connectivity index (χ0v) is 12.3. The molecule has 2 aromatic rings. The SMILES string of the molecule is O=C(NCCO)c1ccc(N2CCCc3ccccc32)nc1. The lowest BCUT2D eigenvalue weighted by molar-refractivity contribution is 0.0944. The maximum atomic E-state index is 11.8. The molecule has 2 heterocycles. The molecule has 1 aliphatic rings. The van der Waals surface area contributed by atoms with E-state index in [0.29, 0.717) is 5.56 Å². The Morgan fingerprint density at radius 3 is 2.91 bits per heavy atom. The van der Waals surface area contributed by atoms with Gasteiger partial charge in [-0.2, -0.15) is 0 Å². The number of benzene rings is 1. The van der Waals surface area contributed by atoms with Crippen LogP contribution in [0.3, 0.4) is 0 Å². The van der Waals surface area contributed by atoms with Gasteiger partial charge in [-0.05, 0) is 36.6 Å². The number of hydrogen-bond acceptors (Lipinski definition) is 4. The van der Waals surface area contributed by atoms with E-state index < -0.39 is 0 Å². The third-order valence-electron chi connectivity index (χ3n) is 3.79. The first kappa shape index (κ1) is 14.5. The fourth-order valence-electron chi connectivity index (χ4n) is 2.72. The van der Waals surface area contributed by atoms with E-state index >= 15 is 0 Å². The second kappa shape index (κ2) is 6.58. The van der Waals surface area contributed by atoms with Crippen LogP contribution < -0.4 is 10.2 Å². The summed E-state index contributed by atoms with van der Waals surface area (Å²) >= 11 is 0. The molecule has 3 rings (SSSR count). The van der Waals surface area contributed by atoms with Gasteiger partial charge in [0, 0.05) is 25.0 Å². The molecule has 0 radical (unpaired) electrons. The number of para-hydroxylation sites is 1. The van der Waals surface area contributed by atoms with Gasteiger partial charge in [-0.15, -0.1) is 0 Å². The second-order valence-electron chi connectivity index (χ2n) is 5.27. The number of nitrogens with zero attached hydrogens (tertiary/aromatic N) is 2. The van der Waals surface area contributed by atoms with Crippen LogP contribution in [0.5, 0.6) is 0 Å². The van der Waals surface area contributed by atoms with Crippen LogP contribution in [0.25, 0.3) is 0 Å². The van der Waals surface area contributed by atoms with Gasteiger partial charge in [-0.1, -0.05) is 18.2 Å². The number of pyridine rings is 1. The van der Waals surface area contributed by atoms with Gasteiger partial charge < -0.3 is 15.3 Å². The fraction of sp³-hybridized carbons (Fsp3) is 0.294. The molecule has 1 aromatic carbocycles. The summed E-state index contributed by atoms with van der Waals surface area (Å²) in [4.78, 5) is 18.4. The van der Waals surface area contributed by atoms with Gasteiger partial charge >= 0.3 is 0 Å². The van der Waals surface area contributed by atoms with E-state index in [1.54, 1.807) is 12.3 Å². The predicted molar refractivity (Wildman–Crippen MR) is 85.4 cm³/mol. The number of amides is 1. The highest BCUT2D eigenvalue weighted by atomic mass is 16.3. The van der Waals surface area contributed by atoms with E-state index in [2.05, 4.69) is 33.4 Å². The van der Waals surface area contributed by atoms with Crippen molar-refractivity contribution in [3.05, 3.63) is 53.7 Å². The van der Waals surface area contributed by atoms with Crippen LogP contribution >= 0.6 is 0 Å². The molecule has 1 aromatic heterocycles. The van der Waals surface area contributed by atoms with Crippen LogP contribution in [0.15, 0.2) is 42.6 Å². The number of aryl methyl sites for hydroxylation is 1. The number of carbonyl (C=O) groups excluding carboxylic acids is 1. The highest BCUT2D eigenvalue weighted by molar-refractivity contribution is 5.94. The topological polar surface area (TPSA) is 65.5 Å². The lowest BCUT2D eigenvalue weighted by Crippen LogP contribution is -2.27. The van der Waals surface area contributed by atoms with Crippen molar-refractivity contribution in [2.45, 2.75) is 12.8 Å². The first-order valence-corrected chi connectivity index (χ1v) is 7.50. The molecule has 0 atom stereocenters. The molecule has 5 heteroatoms. The number of aromatic nitrogens is 1. The molecule has 1 aliphatic heterocycles. The lowest BCUT2D eigenvalue weighted by atomic mass is 10.0. The largest absolute Gasteiger partial charge is 0.395 e. The average molecular weight is 297 g/mol. The molecule has 0 aliphatic carbocycles. The van der Waals surface area contributed by atoms with Crippen molar-refractivity contribution >= 4 is 17.4 Å². The van der Waals surface area contributed by atoms with Crippen LogP contribution in [0, 0.1) is 0 Å². The maximum Gasteiger partial charge on any atom is 0.252 e. The Labute approximate surface area is 129 Å². The van der Waals surface area contributed by atoms with E-state index in [-0.39, 0.29) is 19.1 Å². The number of aliphatic hydroxyl groups is 1. The molecular formula is C17H19N3O2. The van der Waals surface area contributed by atoms with Gasteiger partial charge in [-0.25, -0.2) is 4.98 Å². The Morgan fingerprint density at radius 2 is 2.14 bits per heavy atom. The monoisotopic (exact) mass is 297 g/mol. The Kier molecular flexibility index (Phi) is 4.34. The molecule has 114 valence electrons. The summed E-state index contributed by atoms with van der Waals surface area (Å²) in [6, 6.07) is 12.0. The molecule has 1 amide bonds. The van der Waals surface area contributed by atoms with Gasteiger partial charge in [0.1, 0.15) is 5.82 Å². The standard InChI is InChI=1S/C17H19N3O2/c21-11-9-18-17(22)14-7-8-16(19-12-14)20-10-3-5-13-4-1-2-6-15(13)20/h1-2,4,6-8,12,21H,3,5,9-11H2,(H,18,22). The minimum Gasteiger partial charge on any atom is -0.395 e. The highest BCUT2D eigenvalue weighted by Crippen LogP contribution is 2.31. The molecule has 0 unspecified atom stereocenters. The summed E-state index contributed by atoms with van der Waals surface area (Å²) in [7, 11) is 0. The molecule has 0 fully saturated rings. The zero-order chi connectivity index (χ0) is 15.4. The highest BCUT2D eigenvalue weighted by Gasteiger charge is 2.18. The van der Waals surface area contributed by atoms with Gasteiger partial charge in [-0.3, -0.25) is 4.79 Å².